The van der Waals surface area contributed by atoms with Crippen molar-refractivity contribution in [3.63, 3.8) is 0 Å². The lowest BCUT2D eigenvalue weighted by molar-refractivity contribution is 0.562. The molecule has 0 amide bonds. The van der Waals surface area contributed by atoms with Gasteiger partial charge in [-0.05, 0) is 50.7 Å². The van der Waals surface area contributed by atoms with E-state index >= 15 is 0 Å². The third-order valence-corrected chi connectivity index (χ3v) is 5.10. The standard InChI is InChI=1S/C14H22N2O2S/c1-10(2)16-19(17,18)14-6-4-3-5-12(14)9-13(15)11-7-8-11/h3-6,10-11,13,16H,7-9,15H2,1-2H3. The number of rotatable bonds is 6. The minimum absolute atomic E-state index is 0.0652. The molecular weight excluding hydrogens is 260 g/mol. The summed E-state index contributed by atoms with van der Waals surface area (Å²) in [6, 6.07) is 7.08. The molecule has 0 saturated heterocycles. The first-order chi connectivity index (χ1) is 8.90. The fraction of sp³-hybridized carbons (Fsp3) is 0.571. The minimum atomic E-state index is -3.45. The molecule has 0 radical (unpaired) electrons. The Balaban J connectivity index is 2.24. The van der Waals surface area contributed by atoms with E-state index in [1.807, 2.05) is 26.0 Å². The fourth-order valence-corrected chi connectivity index (χ4v) is 3.76. The van der Waals surface area contributed by atoms with E-state index in [1.165, 1.54) is 12.8 Å². The van der Waals surface area contributed by atoms with Gasteiger partial charge in [-0.2, -0.15) is 0 Å². The number of hydrogen-bond donors (Lipinski definition) is 2. The highest BCUT2D eigenvalue weighted by atomic mass is 32.2. The molecule has 19 heavy (non-hydrogen) atoms. The van der Waals surface area contributed by atoms with Crippen molar-refractivity contribution < 1.29 is 8.42 Å². The second-order valence-electron chi connectivity index (χ2n) is 5.59. The van der Waals surface area contributed by atoms with Crippen LogP contribution < -0.4 is 10.5 Å². The quantitative estimate of drug-likeness (QED) is 0.833. The molecule has 0 bridgehead atoms. The van der Waals surface area contributed by atoms with E-state index in [2.05, 4.69) is 4.72 Å². The Morgan fingerprint density at radius 3 is 2.53 bits per heavy atom. The average Bonchev–Trinajstić information content (AvgIpc) is 3.11. The van der Waals surface area contributed by atoms with Crippen LogP contribution in [0.2, 0.25) is 0 Å². The van der Waals surface area contributed by atoms with Gasteiger partial charge in [-0.1, -0.05) is 18.2 Å². The Morgan fingerprint density at radius 2 is 1.95 bits per heavy atom. The highest BCUT2D eigenvalue weighted by Crippen LogP contribution is 2.33. The van der Waals surface area contributed by atoms with Crippen LogP contribution in [0.1, 0.15) is 32.3 Å². The molecule has 1 atom stereocenters. The average molecular weight is 282 g/mol. The number of benzene rings is 1. The summed E-state index contributed by atoms with van der Waals surface area (Å²) in [5, 5.41) is 0. The van der Waals surface area contributed by atoms with E-state index in [9.17, 15) is 8.42 Å². The SMILES string of the molecule is CC(C)NS(=O)(=O)c1ccccc1CC(N)C1CC1. The minimum Gasteiger partial charge on any atom is -0.327 e. The molecule has 0 heterocycles. The molecule has 5 heteroatoms. The molecule has 3 N–H and O–H groups in total. The molecule has 1 aliphatic carbocycles. The van der Waals surface area contributed by atoms with E-state index < -0.39 is 10.0 Å². The number of nitrogens with two attached hydrogens (primary N) is 1. The first-order valence-electron chi connectivity index (χ1n) is 6.76. The van der Waals surface area contributed by atoms with Crippen LogP contribution in [0.4, 0.5) is 0 Å². The Morgan fingerprint density at radius 1 is 1.32 bits per heavy atom. The summed E-state index contributed by atoms with van der Waals surface area (Å²) in [7, 11) is -3.45. The van der Waals surface area contributed by atoms with Gasteiger partial charge in [-0.3, -0.25) is 0 Å². The second kappa shape index (κ2) is 5.61. The summed E-state index contributed by atoms with van der Waals surface area (Å²) < 4.78 is 27.2. The highest BCUT2D eigenvalue weighted by molar-refractivity contribution is 7.89. The topological polar surface area (TPSA) is 72.2 Å². The molecule has 0 aliphatic heterocycles. The zero-order chi connectivity index (χ0) is 14.0. The summed E-state index contributed by atoms with van der Waals surface area (Å²) in [5.41, 5.74) is 6.92. The molecule has 0 spiro atoms. The molecule has 1 aromatic carbocycles. The lowest BCUT2D eigenvalue weighted by atomic mass is 10.0. The second-order valence-corrected chi connectivity index (χ2v) is 7.27. The van der Waals surface area contributed by atoms with Crippen molar-refractivity contribution in [3.8, 4) is 0 Å². The molecule has 1 fully saturated rings. The molecule has 1 aliphatic rings. The van der Waals surface area contributed by atoms with Gasteiger partial charge in [0.2, 0.25) is 10.0 Å². The maximum atomic E-state index is 12.3. The van der Waals surface area contributed by atoms with Crippen molar-refractivity contribution in [2.24, 2.45) is 11.7 Å². The molecule has 106 valence electrons. The van der Waals surface area contributed by atoms with E-state index in [0.29, 0.717) is 17.2 Å². The van der Waals surface area contributed by atoms with Crippen molar-refractivity contribution in [3.05, 3.63) is 29.8 Å². The van der Waals surface area contributed by atoms with Gasteiger partial charge in [0.1, 0.15) is 0 Å². The molecule has 1 saturated carbocycles. The van der Waals surface area contributed by atoms with Gasteiger partial charge in [0.05, 0.1) is 4.90 Å². The van der Waals surface area contributed by atoms with Gasteiger partial charge >= 0.3 is 0 Å². The van der Waals surface area contributed by atoms with Gasteiger partial charge in [0.25, 0.3) is 0 Å². The van der Waals surface area contributed by atoms with E-state index in [4.69, 9.17) is 5.73 Å². The number of hydrogen-bond acceptors (Lipinski definition) is 3. The van der Waals surface area contributed by atoms with Crippen molar-refractivity contribution >= 4 is 10.0 Å². The zero-order valence-corrected chi connectivity index (χ0v) is 12.3. The smallest absolute Gasteiger partial charge is 0.241 e. The Bertz CT molecular complexity index is 536. The van der Waals surface area contributed by atoms with Gasteiger partial charge in [-0.25, -0.2) is 13.1 Å². The Labute approximate surface area is 115 Å². The molecule has 1 unspecified atom stereocenters. The van der Waals surface area contributed by atoms with Crippen molar-refractivity contribution in [2.45, 2.75) is 50.1 Å². The summed E-state index contributed by atoms with van der Waals surface area (Å²) in [6.07, 6.45) is 2.96. The van der Waals surface area contributed by atoms with Gasteiger partial charge in [0, 0.05) is 12.1 Å². The molecular formula is C14H22N2O2S. The molecule has 0 aromatic heterocycles. The van der Waals surface area contributed by atoms with Crippen molar-refractivity contribution in [1.29, 1.82) is 0 Å². The predicted octanol–water partition coefficient (Wildman–Crippen LogP) is 1.65. The highest BCUT2D eigenvalue weighted by Gasteiger charge is 2.30. The van der Waals surface area contributed by atoms with E-state index in [0.717, 1.165) is 5.56 Å². The normalized spacial score (nSPS) is 17.7. The Hall–Kier alpha value is -0.910. The van der Waals surface area contributed by atoms with Crippen LogP contribution >= 0.6 is 0 Å². The predicted molar refractivity (Wildman–Crippen MR) is 76.3 cm³/mol. The Kier molecular flexibility index (Phi) is 4.28. The van der Waals surface area contributed by atoms with E-state index in [-0.39, 0.29) is 12.1 Å². The summed E-state index contributed by atoms with van der Waals surface area (Å²) in [5.74, 6) is 0.564. The van der Waals surface area contributed by atoms with E-state index in [1.54, 1.807) is 12.1 Å². The first kappa shape index (κ1) is 14.5. The van der Waals surface area contributed by atoms with Gasteiger partial charge in [0.15, 0.2) is 0 Å². The van der Waals surface area contributed by atoms with Crippen LogP contribution in [0, 0.1) is 5.92 Å². The molecule has 2 rings (SSSR count). The van der Waals surface area contributed by atoms with Crippen LogP contribution in [0.25, 0.3) is 0 Å². The molecule has 1 aromatic rings. The maximum Gasteiger partial charge on any atom is 0.241 e. The van der Waals surface area contributed by atoms with Gasteiger partial charge in [-0.15, -0.1) is 0 Å². The third kappa shape index (κ3) is 3.78. The van der Waals surface area contributed by atoms with Crippen molar-refractivity contribution in [2.75, 3.05) is 0 Å². The monoisotopic (exact) mass is 282 g/mol. The van der Waals surface area contributed by atoms with Gasteiger partial charge < -0.3 is 5.73 Å². The lowest BCUT2D eigenvalue weighted by Crippen LogP contribution is -2.32. The number of nitrogens with one attached hydrogen (secondary N) is 1. The first-order valence-corrected chi connectivity index (χ1v) is 8.24. The third-order valence-electron chi connectivity index (χ3n) is 3.34. The summed E-state index contributed by atoms with van der Waals surface area (Å²) in [6.45, 7) is 3.63. The maximum absolute atomic E-state index is 12.3. The van der Waals surface area contributed by atoms with Crippen LogP contribution in [0.15, 0.2) is 29.2 Å². The van der Waals surface area contributed by atoms with Crippen LogP contribution in [-0.4, -0.2) is 20.5 Å². The zero-order valence-electron chi connectivity index (χ0n) is 11.5. The fourth-order valence-electron chi connectivity index (χ4n) is 2.25. The summed E-state index contributed by atoms with van der Waals surface area (Å²) >= 11 is 0. The van der Waals surface area contributed by atoms with Crippen LogP contribution in [-0.2, 0) is 16.4 Å². The summed E-state index contributed by atoms with van der Waals surface area (Å²) in [4.78, 5) is 0.361. The van der Waals surface area contributed by atoms with Crippen molar-refractivity contribution in [1.82, 2.24) is 4.72 Å². The number of sulfonamides is 1. The largest absolute Gasteiger partial charge is 0.327 e. The lowest BCUT2D eigenvalue weighted by Gasteiger charge is -2.16. The molecule has 4 nitrogen and oxygen atoms in total. The van der Waals surface area contributed by atoms with Crippen LogP contribution in [0.5, 0.6) is 0 Å². The van der Waals surface area contributed by atoms with Crippen LogP contribution in [0.3, 0.4) is 0 Å².